The fraction of sp³-hybridized carbons (Fsp3) is 0.900. The first kappa shape index (κ1) is 10.5. The number of rotatable bonds is 2. The highest BCUT2D eigenvalue weighted by Crippen LogP contribution is 2.14. The van der Waals surface area contributed by atoms with Crippen molar-refractivity contribution in [2.24, 2.45) is 5.92 Å². The third kappa shape index (κ3) is 2.68. The first-order valence-corrected chi connectivity index (χ1v) is 4.94. The lowest BCUT2D eigenvalue weighted by molar-refractivity contribution is 0.109. The summed E-state index contributed by atoms with van der Waals surface area (Å²) in [7, 11) is 2.14. The zero-order chi connectivity index (χ0) is 9.84. The average molecular weight is 181 g/mol. The van der Waals surface area contributed by atoms with Crippen molar-refractivity contribution in [2.75, 3.05) is 33.2 Å². The van der Waals surface area contributed by atoms with E-state index in [1.807, 2.05) is 0 Å². The zero-order valence-corrected chi connectivity index (χ0v) is 8.82. The molecule has 0 aliphatic carbocycles. The predicted octanol–water partition coefficient (Wildman–Crippen LogP) is 1.14. The van der Waals surface area contributed by atoms with E-state index in [9.17, 15) is 0 Å². The summed E-state index contributed by atoms with van der Waals surface area (Å²) in [6, 6.07) is 0. The summed E-state index contributed by atoms with van der Waals surface area (Å²) in [5.41, 5.74) is 0. The number of hydrogen-bond donors (Lipinski definition) is 0. The van der Waals surface area contributed by atoms with Crippen LogP contribution in [0.4, 0.5) is 0 Å². The molecule has 0 N–H and O–H groups in total. The van der Waals surface area contributed by atoms with Crippen molar-refractivity contribution in [1.82, 2.24) is 9.80 Å². The van der Waals surface area contributed by atoms with Crippen LogP contribution in [-0.2, 0) is 0 Å². The molecule has 0 spiro atoms. The molecule has 1 unspecified atom stereocenters. The molecule has 0 aromatic rings. The van der Waals surface area contributed by atoms with E-state index in [-0.39, 0.29) is 6.17 Å². The summed E-state index contributed by atoms with van der Waals surface area (Å²) in [4.78, 5) is 8.31. The van der Waals surface area contributed by atoms with Crippen LogP contribution in [0.15, 0.2) is 0 Å². The molecule has 1 aliphatic rings. The molecule has 1 fully saturated rings. The van der Waals surface area contributed by atoms with Gasteiger partial charge in [0.1, 0.15) is 0 Å². The highest BCUT2D eigenvalue weighted by atomic mass is 15.3. The van der Waals surface area contributed by atoms with Crippen LogP contribution in [0.25, 0.3) is 4.85 Å². The minimum Gasteiger partial charge on any atom is -0.304 e. The molecule has 0 bridgehead atoms. The van der Waals surface area contributed by atoms with Crippen molar-refractivity contribution in [3.05, 3.63) is 11.4 Å². The van der Waals surface area contributed by atoms with E-state index < -0.39 is 0 Å². The van der Waals surface area contributed by atoms with Crippen molar-refractivity contribution in [1.29, 1.82) is 0 Å². The summed E-state index contributed by atoms with van der Waals surface area (Å²) in [6.45, 7) is 15.7. The smallest absolute Gasteiger partial charge is 0.282 e. The molecular weight excluding hydrogens is 162 g/mol. The lowest BCUT2D eigenvalue weighted by atomic mass is 10.1. The number of likely N-dealkylation sites (N-methyl/N-ethyl adjacent to an activating group) is 1. The van der Waals surface area contributed by atoms with Gasteiger partial charge in [0.2, 0.25) is 0 Å². The lowest BCUT2D eigenvalue weighted by Gasteiger charge is -2.33. The summed E-state index contributed by atoms with van der Waals surface area (Å²) in [5, 5.41) is 0. The first-order chi connectivity index (χ1) is 6.15. The first-order valence-electron chi connectivity index (χ1n) is 4.94. The standard InChI is InChI=1S/C10H19N3/c1-9(2)10(11-3)13-7-5-12(4)6-8-13/h9-10H,5-8H2,1-2,4H3. The average Bonchev–Trinajstić information content (AvgIpc) is 2.09. The molecule has 0 saturated carbocycles. The number of hydrogen-bond acceptors (Lipinski definition) is 2. The number of nitrogens with zero attached hydrogens (tertiary/aromatic N) is 3. The Balaban J connectivity index is 2.47. The Labute approximate surface area is 81.1 Å². The third-order valence-electron chi connectivity index (χ3n) is 2.64. The van der Waals surface area contributed by atoms with E-state index in [4.69, 9.17) is 6.57 Å². The fourth-order valence-electron chi connectivity index (χ4n) is 1.74. The van der Waals surface area contributed by atoms with Gasteiger partial charge in [-0.1, -0.05) is 13.8 Å². The Morgan fingerprint density at radius 3 is 2.08 bits per heavy atom. The topological polar surface area (TPSA) is 10.8 Å². The molecule has 3 heteroatoms. The Bertz CT molecular complexity index is 187. The minimum absolute atomic E-state index is 0.0914. The molecular formula is C10H19N3. The summed E-state index contributed by atoms with van der Waals surface area (Å²) >= 11 is 0. The largest absolute Gasteiger partial charge is 0.304 e. The van der Waals surface area contributed by atoms with Crippen LogP contribution >= 0.6 is 0 Å². The Morgan fingerprint density at radius 1 is 1.15 bits per heavy atom. The van der Waals surface area contributed by atoms with Gasteiger partial charge in [-0.2, -0.15) is 0 Å². The minimum atomic E-state index is 0.0914. The molecule has 0 amide bonds. The number of piperazine rings is 1. The molecule has 13 heavy (non-hydrogen) atoms. The van der Waals surface area contributed by atoms with E-state index in [2.05, 4.69) is 35.5 Å². The second-order valence-corrected chi connectivity index (χ2v) is 4.13. The van der Waals surface area contributed by atoms with Crippen LogP contribution in [0.3, 0.4) is 0 Å². The Morgan fingerprint density at radius 2 is 1.69 bits per heavy atom. The Kier molecular flexibility index (Phi) is 3.71. The normalized spacial score (nSPS) is 23.0. The van der Waals surface area contributed by atoms with Crippen molar-refractivity contribution >= 4 is 0 Å². The van der Waals surface area contributed by atoms with Gasteiger partial charge in [-0.3, -0.25) is 4.85 Å². The molecule has 74 valence electrons. The van der Waals surface area contributed by atoms with Crippen LogP contribution < -0.4 is 0 Å². The van der Waals surface area contributed by atoms with Gasteiger partial charge in [-0.15, -0.1) is 0 Å². The van der Waals surface area contributed by atoms with Crippen LogP contribution in [0, 0.1) is 12.5 Å². The van der Waals surface area contributed by atoms with Gasteiger partial charge in [0, 0.05) is 32.1 Å². The van der Waals surface area contributed by atoms with Gasteiger partial charge in [0.05, 0.1) is 0 Å². The van der Waals surface area contributed by atoms with E-state index in [1.165, 1.54) is 0 Å². The maximum Gasteiger partial charge on any atom is 0.282 e. The Hall–Kier alpha value is -0.590. The monoisotopic (exact) mass is 181 g/mol. The summed E-state index contributed by atoms with van der Waals surface area (Å²) in [5.74, 6) is 0.445. The molecule has 1 atom stereocenters. The van der Waals surface area contributed by atoms with Crippen LogP contribution in [0.5, 0.6) is 0 Å². The maximum atomic E-state index is 7.15. The van der Waals surface area contributed by atoms with E-state index in [0.717, 1.165) is 26.2 Å². The molecule has 1 rings (SSSR count). The SMILES string of the molecule is [C-]#[N+]C(C(C)C)N1CCN(C)CC1. The van der Waals surface area contributed by atoms with Gasteiger partial charge >= 0.3 is 0 Å². The van der Waals surface area contributed by atoms with Gasteiger partial charge in [0.15, 0.2) is 0 Å². The maximum absolute atomic E-state index is 7.15. The van der Waals surface area contributed by atoms with Gasteiger partial charge in [0.25, 0.3) is 6.17 Å². The van der Waals surface area contributed by atoms with Crippen LogP contribution in [0.1, 0.15) is 13.8 Å². The predicted molar refractivity (Wildman–Crippen MR) is 54.3 cm³/mol. The van der Waals surface area contributed by atoms with Crippen molar-refractivity contribution < 1.29 is 0 Å². The van der Waals surface area contributed by atoms with E-state index in [0.29, 0.717) is 5.92 Å². The highest BCUT2D eigenvalue weighted by Gasteiger charge is 2.28. The fourth-order valence-corrected chi connectivity index (χ4v) is 1.74. The van der Waals surface area contributed by atoms with Crippen LogP contribution in [-0.4, -0.2) is 49.2 Å². The quantitative estimate of drug-likeness (QED) is 0.591. The second kappa shape index (κ2) is 4.59. The second-order valence-electron chi connectivity index (χ2n) is 4.13. The third-order valence-corrected chi connectivity index (χ3v) is 2.64. The van der Waals surface area contributed by atoms with E-state index >= 15 is 0 Å². The van der Waals surface area contributed by atoms with Gasteiger partial charge in [-0.05, 0) is 7.05 Å². The van der Waals surface area contributed by atoms with Crippen molar-refractivity contribution in [3.8, 4) is 0 Å². The van der Waals surface area contributed by atoms with Crippen LogP contribution in [0.2, 0.25) is 0 Å². The molecule has 0 aromatic heterocycles. The lowest BCUT2D eigenvalue weighted by Crippen LogP contribution is -2.49. The summed E-state index contributed by atoms with van der Waals surface area (Å²) in [6.07, 6.45) is 0.0914. The van der Waals surface area contributed by atoms with Gasteiger partial charge in [-0.25, -0.2) is 11.5 Å². The highest BCUT2D eigenvalue weighted by molar-refractivity contribution is 4.85. The van der Waals surface area contributed by atoms with Crippen molar-refractivity contribution in [2.45, 2.75) is 20.0 Å². The van der Waals surface area contributed by atoms with E-state index in [1.54, 1.807) is 0 Å². The molecule has 0 radical (unpaired) electrons. The molecule has 1 aliphatic heterocycles. The summed E-state index contributed by atoms with van der Waals surface area (Å²) < 4.78 is 0. The molecule has 1 heterocycles. The van der Waals surface area contributed by atoms with Crippen molar-refractivity contribution in [3.63, 3.8) is 0 Å². The van der Waals surface area contributed by atoms with Gasteiger partial charge < -0.3 is 4.90 Å². The molecule has 1 saturated heterocycles. The zero-order valence-electron chi connectivity index (χ0n) is 8.82. The molecule has 0 aromatic carbocycles. The molecule has 3 nitrogen and oxygen atoms in total.